The van der Waals surface area contributed by atoms with Crippen molar-refractivity contribution in [3.63, 3.8) is 0 Å². The van der Waals surface area contributed by atoms with Crippen LogP contribution in [0.25, 0.3) is 10.8 Å². The van der Waals surface area contributed by atoms with Crippen LogP contribution in [-0.2, 0) is 16.9 Å². The minimum Gasteiger partial charge on any atom is -0.496 e. The number of carbonyl (C=O) groups is 1. The third-order valence-electron chi connectivity index (χ3n) is 5.44. The molecule has 6 heteroatoms. The maximum Gasteiger partial charge on any atom is 0.248 e. The predicted octanol–water partition coefficient (Wildman–Crippen LogP) is 2.44. The normalized spacial score (nSPS) is 16.2. The topological polar surface area (TPSA) is 68.2 Å². The molecule has 6 nitrogen and oxygen atoms in total. The van der Waals surface area contributed by atoms with E-state index in [1.54, 1.807) is 13.3 Å². The van der Waals surface area contributed by atoms with Crippen LogP contribution in [0.2, 0.25) is 0 Å². The molecule has 2 aromatic carbocycles. The lowest BCUT2D eigenvalue weighted by Gasteiger charge is -2.36. The summed E-state index contributed by atoms with van der Waals surface area (Å²) in [6.07, 6.45) is 5.04. The van der Waals surface area contributed by atoms with Gasteiger partial charge in [0.25, 0.3) is 0 Å². The molecule has 0 bridgehead atoms. The summed E-state index contributed by atoms with van der Waals surface area (Å²) in [6, 6.07) is 14.0. The van der Waals surface area contributed by atoms with E-state index in [9.17, 15) is 4.79 Å². The van der Waals surface area contributed by atoms with E-state index in [-0.39, 0.29) is 5.91 Å². The van der Waals surface area contributed by atoms with Gasteiger partial charge in [0, 0.05) is 24.5 Å². The highest BCUT2D eigenvalue weighted by Crippen LogP contribution is 2.30. The molecule has 0 saturated carbocycles. The predicted molar refractivity (Wildman–Crippen MR) is 105 cm³/mol. The van der Waals surface area contributed by atoms with Gasteiger partial charge in [0.1, 0.15) is 11.3 Å². The highest BCUT2D eigenvalue weighted by atomic mass is 16.5. The SMILES string of the molecule is COc1ccc2ccccc2c1CNC(=O)C1(n2cccn2)CCNCC1. The maximum absolute atomic E-state index is 13.3. The molecule has 1 aliphatic heterocycles. The van der Waals surface area contributed by atoms with E-state index in [1.807, 2.05) is 41.2 Å². The van der Waals surface area contributed by atoms with Crippen LogP contribution in [0, 0.1) is 0 Å². The van der Waals surface area contributed by atoms with Crippen molar-refractivity contribution in [3.05, 3.63) is 60.4 Å². The molecule has 3 aromatic rings. The number of benzene rings is 2. The number of amides is 1. The van der Waals surface area contributed by atoms with Crippen LogP contribution >= 0.6 is 0 Å². The molecule has 4 rings (SSSR count). The molecule has 0 spiro atoms. The van der Waals surface area contributed by atoms with Crippen molar-refractivity contribution < 1.29 is 9.53 Å². The number of hydrogen-bond donors (Lipinski definition) is 2. The number of methoxy groups -OCH3 is 1. The Balaban J connectivity index is 1.63. The van der Waals surface area contributed by atoms with Crippen LogP contribution in [0.1, 0.15) is 18.4 Å². The van der Waals surface area contributed by atoms with E-state index in [4.69, 9.17) is 4.74 Å². The summed E-state index contributed by atoms with van der Waals surface area (Å²) in [5.74, 6) is 0.787. The molecule has 140 valence electrons. The summed E-state index contributed by atoms with van der Waals surface area (Å²) in [5.41, 5.74) is 0.348. The lowest BCUT2D eigenvalue weighted by Crippen LogP contribution is -2.54. The minimum atomic E-state index is -0.646. The first kappa shape index (κ1) is 17.5. The molecule has 0 atom stereocenters. The second-order valence-electron chi connectivity index (χ2n) is 6.88. The molecule has 1 aliphatic rings. The van der Waals surface area contributed by atoms with E-state index < -0.39 is 5.54 Å². The summed E-state index contributed by atoms with van der Waals surface area (Å²) in [6.45, 7) is 2.01. The number of carbonyl (C=O) groups excluding carboxylic acids is 1. The zero-order valence-corrected chi connectivity index (χ0v) is 15.4. The van der Waals surface area contributed by atoms with Gasteiger partial charge in [-0.1, -0.05) is 30.3 Å². The maximum atomic E-state index is 13.3. The van der Waals surface area contributed by atoms with Crippen LogP contribution in [0.15, 0.2) is 54.9 Å². The quantitative estimate of drug-likeness (QED) is 0.730. The van der Waals surface area contributed by atoms with Crippen LogP contribution in [0.3, 0.4) is 0 Å². The number of rotatable bonds is 5. The number of hydrogen-bond acceptors (Lipinski definition) is 4. The molecule has 27 heavy (non-hydrogen) atoms. The lowest BCUT2D eigenvalue weighted by molar-refractivity contribution is -0.132. The van der Waals surface area contributed by atoms with Crippen molar-refractivity contribution in [3.8, 4) is 5.75 Å². The van der Waals surface area contributed by atoms with Crippen molar-refractivity contribution >= 4 is 16.7 Å². The zero-order valence-electron chi connectivity index (χ0n) is 15.4. The molecule has 1 fully saturated rings. The van der Waals surface area contributed by atoms with Gasteiger partial charge in [-0.3, -0.25) is 9.48 Å². The number of ether oxygens (including phenoxy) is 1. The summed E-state index contributed by atoms with van der Waals surface area (Å²) in [5, 5.41) is 13.1. The van der Waals surface area contributed by atoms with Crippen molar-refractivity contribution in [1.82, 2.24) is 20.4 Å². The van der Waals surface area contributed by atoms with E-state index >= 15 is 0 Å². The number of fused-ring (bicyclic) bond motifs is 1. The Bertz CT molecular complexity index is 931. The Morgan fingerprint density at radius 1 is 1.22 bits per heavy atom. The van der Waals surface area contributed by atoms with Gasteiger partial charge in [0.15, 0.2) is 0 Å². The average Bonchev–Trinajstić information content (AvgIpc) is 3.27. The van der Waals surface area contributed by atoms with Crippen molar-refractivity contribution in [1.29, 1.82) is 0 Å². The van der Waals surface area contributed by atoms with Crippen molar-refractivity contribution in [2.45, 2.75) is 24.9 Å². The van der Waals surface area contributed by atoms with Gasteiger partial charge in [0.2, 0.25) is 5.91 Å². The van der Waals surface area contributed by atoms with Crippen molar-refractivity contribution in [2.75, 3.05) is 20.2 Å². The van der Waals surface area contributed by atoms with E-state index in [1.165, 1.54) is 0 Å². The Morgan fingerprint density at radius 2 is 2.04 bits per heavy atom. The van der Waals surface area contributed by atoms with Crippen LogP contribution in [-0.4, -0.2) is 35.9 Å². The largest absolute Gasteiger partial charge is 0.496 e. The number of aromatic nitrogens is 2. The fourth-order valence-corrected chi connectivity index (χ4v) is 3.95. The van der Waals surface area contributed by atoms with E-state index in [0.717, 1.165) is 35.2 Å². The zero-order chi connectivity index (χ0) is 18.7. The molecular weight excluding hydrogens is 340 g/mol. The molecular formula is C21H24N4O2. The molecule has 2 N–H and O–H groups in total. The van der Waals surface area contributed by atoms with Crippen LogP contribution < -0.4 is 15.4 Å². The molecule has 0 radical (unpaired) electrons. The third-order valence-corrected chi connectivity index (χ3v) is 5.44. The van der Waals surface area contributed by atoms with Gasteiger partial charge in [-0.2, -0.15) is 5.10 Å². The van der Waals surface area contributed by atoms with Gasteiger partial charge in [-0.25, -0.2) is 0 Å². The molecule has 1 amide bonds. The Kier molecular flexibility index (Phi) is 4.81. The number of nitrogens with zero attached hydrogens (tertiary/aromatic N) is 2. The lowest BCUT2D eigenvalue weighted by atomic mass is 9.87. The monoisotopic (exact) mass is 364 g/mol. The number of nitrogens with one attached hydrogen (secondary N) is 2. The Hall–Kier alpha value is -2.86. The van der Waals surface area contributed by atoms with Crippen LogP contribution in [0.4, 0.5) is 0 Å². The van der Waals surface area contributed by atoms with Gasteiger partial charge >= 0.3 is 0 Å². The fourth-order valence-electron chi connectivity index (χ4n) is 3.95. The second-order valence-corrected chi connectivity index (χ2v) is 6.88. The minimum absolute atomic E-state index is 0.00249. The Labute approximate surface area is 158 Å². The molecule has 1 saturated heterocycles. The summed E-state index contributed by atoms with van der Waals surface area (Å²) < 4.78 is 7.36. The van der Waals surface area contributed by atoms with Crippen LogP contribution in [0.5, 0.6) is 5.75 Å². The smallest absolute Gasteiger partial charge is 0.248 e. The first-order valence-electron chi connectivity index (χ1n) is 9.28. The summed E-state index contributed by atoms with van der Waals surface area (Å²) >= 11 is 0. The standard InChI is InChI=1S/C21H24N4O2/c1-27-19-8-7-16-5-2-3-6-17(16)18(19)15-23-20(26)21(9-12-22-13-10-21)25-14-4-11-24-25/h2-8,11,14,22H,9-10,12-13,15H2,1H3,(H,23,26). The van der Waals surface area contributed by atoms with Gasteiger partial charge < -0.3 is 15.4 Å². The first-order valence-corrected chi connectivity index (χ1v) is 9.28. The fraction of sp³-hybridized carbons (Fsp3) is 0.333. The molecule has 2 heterocycles. The summed E-state index contributed by atoms with van der Waals surface area (Å²) in [4.78, 5) is 13.3. The van der Waals surface area contributed by atoms with Crippen molar-refractivity contribution in [2.24, 2.45) is 0 Å². The first-order chi connectivity index (χ1) is 13.2. The van der Waals surface area contributed by atoms with Gasteiger partial charge in [0.05, 0.1) is 7.11 Å². The second kappa shape index (κ2) is 7.40. The third kappa shape index (κ3) is 3.17. The van der Waals surface area contributed by atoms with E-state index in [2.05, 4.69) is 27.9 Å². The molecule has 0 unspecified atom stereocenters. The average molecular weight is 364 g/mol. The number of piperidine rings is 1. The summed E-state index contributed by atoms with van der Waals surface area (Å²) in [7, 11) is 1.66. The molecule has 1 aromatic heterocycles. The van der Waals surface area contributed by atoms with Gasteiger partial charge in [-0.15, -0.1) is 0 Å². The van der Waals surface area contributed by atoms with E-state index in [0.29, 0.717) is 19.4 Å². The molecule has 0 aliphatic carbocycles. The Morgan fingerprint density at radius 3 is 2.78 bits per heavy atom. The highest BCUT2D eigenvalue weighted by Gasteiger charge is 2.41. The van der Waals surface area contributed by atoms with Gasteiger partial charge in [-0.05, 0) is 48.8 Å². The highest BCUT2D eigenvalue weighted by molar-refractivity contribution is 5.89.